The summed E-state index contributed by atoms with van der Waals surface area (Å²) in [5.41, 5.74) is 3.52. The number of anilines is 3. The largest absolute Gasteiger partial charge is 0.370 e. The van der Waals surface area contributed by atoms with E-state index in [1.165, 1.54) is 18.5 Å². The van der Waals surface area contributed by atoms with Crippen LogP contribution in [0.5, 0.6) is 0 Å². The van der Waals surface area contributed by atoms with Gasteiger partial charge in [0.2, 0.25) is 0 Å². The van der Waals surface area contributed by atoms with Crippen LogP contribution in [-0.2, 0) is 0 Å². The highest BCUT2D eigenvalue weighted by atomic mass is 15.2. The third-order valence-corrected chi connectivity index (χ3v) is 3.15. The van der Waals surface area contributed by atoms with Crippen molar-refractivity contribution in [3.63, 3.8) is 0 Å². The zero-order valence-corrected chi connectivity index (χ0v) is 11.0. The maximum atomic E-state index is 4.51. The number of pyridine rings is 1. The molecular formula is C13H22N4. The van der Waals surface area contributed by atoms with Gasteiger partial charge in [-0.3, -0.25) is 0 Å². The number of fused-ring (bicyclic) bond motifs is 1. The van der Waals surface area contributed by atoms with E-state index in [0.29, 0.717) is 0 Å². The van der Waals surface area contributed by atoms with Crippen molar-refractivity contribution in [2.45, 2.75) is 33.6 Å². The Labute approximate surface area is 103 Å². The lowest BCUT2D eigenvalue weighted by Crippen LogP contribution is -2.24. The molecule has 94 valence electrons. The van der Waals surface area contributed by atoms with Crippen LogP contribution < -0.4 is 15.5 Å². The molecule has 0 amide bonds. The quantitative estimate of drug-likeness (QED) is 0.822. The van der Waals surface area contributed by atoms with Gasteiger partial charge in [0, 0.05) is 18.8 Å². The third-order valence-electron chi connectivity index (χ3n) is 3.15. The van der Waals surface area contributed by atoms with Crippen LogP contribution in [0.25, 0.3) is 0 Å². The number of nitrogens with zero attached hydrogens (tertiary/aromatic N) is 2. The second kappa shape index (κ2) is 5.25. The van der Waals surface area contributed by atoms with Crippen molar-refractivity contribution in [3.8, 4) is 0 Å². The van der Waals surface area contributed by atoms with E-state index in [1.807, 2.05) is 0 Å². The van der Waals surface area contributed by atoms with Gasteiger partial charge in [0.15, 0.2) is 5.82 Å². The molecule has 0 atom stereocenters. The summed E-state index contributed by atoms with van der Waals surface area (Å²) in [6.45, 7) is 9.43. The SMILES string of the molecule is CCCCN(CC)c1cc(C)nc2c1NCN2. The molecule has 0 spiro atoms. The Kier molecular flexibility index (Phi) is 3.71. The average Bonchev–Trinajstić information content (AvgIpc) is 2.77. The van der Waals surface area contributed by atoms with Crippen LogP contribution in [0, 0.1) is 6.92 Å². The van der Waals surface area contributed by atoms with Crippen LogP contribution in [0.1, 0.15) is 32.4 Å². The lowest BCUT2D eigenvalue weighted by atomic mass is 10.2. The summed E-state index contributed by atoms with van der Waals surface area (Å²) in [5, 5.41) is 6.64. The molecule has 0 saturated heterocycles. The summed E-state index contributed by atoms with van der Waals surface area (Å²) < 4.78 is 0. The molecule has 2 rings (SSSR count). The minimum absolute atomic E-state index is 0.782. The standard InChI is InChI=1S/C13H22N4/c1-4-6-7-17(5-2)11-8-10(3)16-13-12(11)14-9-15-13/h8,14H,4-7,9H2,1-3H3,(H,15,16). The zero-order valence-electron chi connectivity index (χ0n) is 11.0. The lowest BCUT2D eigenvalue weighted by molar-refractivity contribution is 0.732. The van der Waals surface area contributed by atoms with Gasteiger partial charge in [0.05, 0.1) is 12.4 Å². The Hall–Kier alpha value is -1.45. The Morgan fingerprint density at radius 2 is 2.18 bits per heavy atom. The summed E-state index contributed by atoms with van der Waals surface area (Å²) in [4.78, 5) is 6.94. The van der Waals surface area contributed by atoms with Gasteiger partial charge in [-0.15, -0.1) is 0 Å². The van der Waals surface area contributed by atoms with Gasteiger partial charge in [-0.2, -0.15) is 0 Å². The highest BCUT2D eigenvalue weighted by Crippen LogP contribution is 2.35. The zero-order chi connectivity index (χ0) is 12.3. The molecule has 2 N–H and O–H groups in total. The first-order valence-corrected chi connectivity index (χ1v) is 6.50. The summed E-state index contributed by atoms with van der Waals surface area (Å²) in [6, 6.07) is 2.18. The highest BCUT2D eigenvalue weighted by molar-refractivity contribution is 5.84. The molecule has 1 aliphatic heterocycles. The molecule has 0 bridgehead atoms. The minimum Gasteiger partial charge on any atom is -0.370 e. The van der Waals surface area contributed by atoms with Gasteiger partial charge >= 0.3 is 0 Å². The minimum atomic E-state index is 0.782. The summed E-state index contributed by atoms with van der Waals surface area (Å²) in [7, 11) is 0. The lowest BCUT2D eigenvalue weighted by Gasteiger charge is -2.25. The molecule has 4 nitrogen and oxygen atoms in total. The molecule has 1 aliphatic rings. The van der Waals surface area contributed by atoms with Crippen LogP contribution in [0.3, 0.4) is 0 Å². The number of unbranched alkanes of at least 4 members (excludes halogenated alkanes) is 1. The van der Waals surface area contributed by atoms with Gasteiger partial charge in [-0.25, -0.2) is 4.98 Å². The molecule has 0 radical (unpaired) electrons. The van der Waals surface area contributed by atoms with E-state index in [2.05, 4.69) is 47.4 Å². The topological polar surface area (TPSA) is 40.2 Å². The van der Waals surface area contributed by atoms with Crippen molar-refractivity contribution in [1.82, 2.24) is 4.98 Å². The molecule has 0 aromatic carbocycles. The number of aryl methyl sites for hydroxylation is 1. The van der Waals surface area contributed by atoms with Gasteiger partial charge in [-0.1, -0.05) is 13.3 Å². The summed E-state index contributed by atoms with van der Waals surface area (Å²) >= 11 is 0. The van der Waals surface area contributed by atoms with E-state index in [9.17, 15) is 0 Å². The number of rotatable bonds is 5. The molecule has 1 aromatic heterocycles. The molecule has 0 aliphatic carbocycles. The van der Waals surface area contributed by atoms with Gasteiger partial charge in [0.1, 0.15) is 5.69 Å². The van der Waals surface area contributed by atoms with Crippen molar-refractivity contribution in [3.05, 3.63) is 11.8 Å². The first-order chi connectivity index (χ1) is 8.26. The summed E-state index contributed by atoms with van der Waals surface area (Å²) in [5.74, 6) is 0.995. The van der Waals surface area contributed by atoms with E-state index in [1.54, 1.807) is 0 Å². The molecule has 17 heavy (non-hydrogen) atoms. The van der Waals surface area contributed by atoms with Gasteiger partial charge in [-0.05, 0) is 26.3 Å². The molecule has 2 heterocycles. The molecular weight excluding hydrogens is 212 g/mol. The maximum Gasteiger partial charge on any atom is 0.153 e. The first kappa shape index (κ1) is 12.0. The fourth-order valence-electron chi connectivity index (χ4n) is 2.22. The fourth-order valence-corrected chi connectivity index (χ4v) is 2.22. The normalized spacial score (nSPS) is 12.9. The predicted molar refractivity (Wildman–Crippen MR) is 73.9 cm³/mol. The van der Waals surface area contributed by atoms with E-state index in [-0.39, 0.29) is 0 Å². The molecule has 1 aromatic rings. The van der Waals surface area contributed by atoms with Crippen LogP contribution in [0.15, 0.2) is 6.07 Å². The van der Waals surface area contributed by atoms with Crippen LogP contribution in [0.2, 0.25) is 0 Å². The van der Waals surface area contributed by atoms with Crippen LogP contribution >= 0.6 is 0 Å². The monoisotopic (exact) mass is 234 g/mol. The van der Waals surface area contributed by atoms with Crippen LogP contribution in [-0.4, -0.2) is 24.7 Å². The highest BCUT2D eigenvalue weighted by Gasteiger charge is 2.19. The Bertz CT molecular complexity index is 389. The van der Waals surface area contributed by atoms with E-state index >= 15 is 0 Å². The number of nitrogens with one attached hydrogen (secondary N) is 2. The summed E-state index contributed by atoms with van der Waals surface area (Å²) in [6.07, 6.45) is 2.46. The molecule has 0 saturated carbocycles. The number of hydrogen-bond acceptors (Lipinski definition) is 4. The fraction of sp³-hybridized carbons (Fsp3) is 0.615. The van der Waals surface area contributed by atoms with Gasteiger partial charge < -0.3 is 15.5 Å². The van der Waals surface area contributed by atoms with Crippen molar-refractivity contribution >= 4 is 17.2 Å². The van der Waals surface area contributed by atoms with E-state index in [4.69, 9.17) is 0 Å². The van der Waals surface area contributed by atoms with Crippen LogP contribution in [0.4, 0.5) is 17.2 Å². The van der Waals surface area contributed by atoms with E-state index in [0.717, 1.165) is 37.0 Å². The number of aromatic nitrogens is 1. The van der Waals surface area contributed by atoms with Gasteiger partial charge in [0.25, 0.3) is 0 Å². The van der Waals surface area contributed by atoms with Crippen molar-refractivity contribution in [1.29, 1.82) is 0 Å². The molecule has 0 fully saturated rings. The van der Waals surface area contributed by atoms with Crippen molar-refractivity contribution < 1.29 is 0 Å². The Morgan fingerprint density at radius 3 is 2.88 bits per heavy atom. The number of hydrogen-bond donors (Lipinski definition) is 2. The average molecular weight is 234 g/mol. The Morgan fingerprint density at radius 1 is 1.35 bits per heavy atom. The molecule has 0 unspecified atom stereocenters. The second-order valence-corrected chi connectivity index (χ2v) is 4.47. The van der Waals surface area contributed by atoms with E-state index < -0.39 is 0 Å². The molecule has 4 heteroatoms. The predicted octanol–water partition coefficient (Wildman–Crippen LogP) is 2.81. The smallest absolute Gasteiger partial charge is 0.153 e. The first-order valence-electron chi connectivity index (χ1n) is 6.50. The Balaban J connectivity index is 2.29. The van der Waals surface area contributed by atoms with Crippen molar-refractivity contribution in [2.24, 2.45) is 0 Å². The third kappa shape index (κ3) is 2.46. The van der Waals surface area contributed by atoms with Crippen molar-refractivity contribution in [2.75, 3.05) is 35.3 Å². The second-order valence-electron chi connectivity index (χ2n) is 4.47. The maximum absolute atomic E-state index is 4.51.